The largest absolute Gasteiger partial charge is 0.482 e. The van der Waals surface area contributed by atoms with E-state index >= 15 is 0 Å². The van der Waals surface area contributed by atoms with E-state index in [-0.39, 0.29) is 35.2 Å². The highest BCUT2D eigenvalue weighted by Gasteiger charge is 2.22. The van der Waals surface area contributed by atoms with Gasteiger partial charge < -0.3 is 14.1 Å². The lowest BCUT2D eigenvalue weighted by Gasteiger charge is -2.24. The van der Waals surface area contributed by atoms with Gasteiger partial charge in [0, 0.05) is 19.4 Å². The fourth-order valence-corrected chi connectivity index (χ4v) is 2.63. The van der Waals surface area contributed by atoms with Gasteiger partial charge in [-0.1, -0.05) is 17.7 Å². The molecule has 8 heteroatoms. The van der Waals surface area contributed by atoms with E-state index in [1.807, 2.05) is 19.1 Å². The lowest BCUT2D eigenvalue weighted by Crippen LogP contribution is -2.30. The van der Waals surface area contributed by atoms with E-state index < -0.39 is 5.82 Å². The first-order chi connectivity index (χ1) is 13.0. The van der Waals surface area contributed by atoms with E-state index in [1.165, 1.54) is 18.4 Å². The summed E-state index contributed by atoms with van der Waals surface area (Å²) >= 11 is 5.90. The average molecular weight is 390 g/mol. The number of benzene rings is 1. The minimum atomic E-state index is -0.456. The van der Waals surface area contributed by atoms with Gasteiger partial charge in [0.15, 0.2) is 12.3 Å². The molecule has 0 saturated carbocycles. The van der Waals surface area contributed by atoms with Crippen LogP contribution in [0, 0.1) is 5.82 Å². The van der Waals surface area contributed by atoms with Crippen LogP contribution in [0.2, 0.25) is 5.02 Å². The number of rotatable bonds is 6. The molecule has 3 rings (SSSR count). The molecule has 2 heterocycles. The lowest BCUT2D eigenvalue weighted by atomic mass is 10.1. The Balaban J connectivity index is 1.65. The molecule has 0 saturated heterocycles. The van der Waals surface area contributed by atoms with Crippen molar-refractivity contribution < 1.29 is 18.3 Å². The third kappa shape index (κ3) is 4.43. The number of carbonyl (C=O) groups excluding carboxylic acids is 1. The number of halogens is 2. The number of hydrogen-bond acceptors (Lipinski definition) is 5. The van der Waals surface area contributed by atoms with Gasteiger partial charge in [-0.15, -0.1) is 0 Å². The fourth-order valence-electron chi connectivity index (χ4n) is 2.41. The summed E-state index contributed by atoms with van der Waals surface area (Å²) in [7, 11) is 1.68. The summed E-state index contributed by atoms with van der Waals surface area (Å²) in [5.74, 6) is -0.240. The van der Waals surface area contributed by atoms with Gasteiger partial charge in [0.25, 0.3) is 5.91 Å². The van der Waals surface area contributed by atoms with Crippen LogP contribution in [0.5, 0.6) is 5.75 Å². The van der Waals surface area contributed by atoms with E-state index in [0.29, 0.717) is 5.75 Å². The summed E-state index contributed by atoms with van der Waals surface area (Å²) in [6.45, 7) is 1.86. The van der Waals surface area contributed by atoms with Crippen LogP contribution in [0.3, 0.4) is 0 Å². The third-order valence-corrected chi connectivity index (χ3v) is 4.38. The number of hydrogen-bond donors (Lipinski definition) is 0. The van der Waals surface area contributed by atoms with Gasteiger partial charge in [-0.2, -0.15) is 0 Å². The van der Waals surface area contributed by atoms with Crippen molar-refractivity contribution in [2.75, 3.05) is 7.05 Å². The number of pyridine rings is 1. The lowest BCUT2D eigenvalue weighted by molar-refractivity contribution is 0.0736. The number of carbonyl (C=O) groups is 1. The smallest absolute Gasteiger partial charge is 0.276 e. The van der Waals surface area contributed by atoms with Crippen LogP contribution < -0.4 is 4.74 Å². The highest BCUT2D eigenvalue weighted by molar-refractivity contribution is 6.32. The van der Waals surface area contributed by atoms with Crippen molar-refractivity contribution in [2.24, 2.45) is 0 Å². The Morgan fingerprint density at radius 1 is 1.41 bits per heavy atom. The maximum Gasteiger partial charge on any atom is 0.276 e. The molecule has 6 nitrogen and oxygen atoms in total. The average Bonchev–Trinajstić information content (AvgIpc) is 3.15. The molecule has 0 aliphatic heterocycles. The summed E-state index contributed by atoms with van der Waals surface area (Å²) in [6.07, 6.45) is 4.66. The van der Waals surface area contributed by atoms with E-state index in [4.69, 9.17) is 20.8 Å². The van der Waals surface area contributed by atoms with E-state index in [9.17, 15) is 9.18 Å². The van der Waals surface area contributed by atoms with Crippen molar-refractivity contribution in [3.05, 3.63) is 77.0 Å². The van der Waals surface area contributed by atoms with Crippen molar-refractivity contribution in [1.29, 1.82) is 0 Å². The molecule has 1 amide bonds. The van der Waals surface area contributed by atoms with Gasteiger partial charge in [0.05, 0.1) is 11.1 Å². The topological polar surface area (TPSA) is 68.5 Å². The number of aromatic nitrogens is 2. The SMILES string of the molecule is C[C@@H](c1cccnc1)N(C)C(=O)c1coc(COc2ccc(F)cc2Cl)n1. The summed E-state index contributed by atoms with van der Waals surface area (Å²) in [5.41, 5.74) is 1.07. The minimum absolute atomic E-state index is 0.0412. The van der Waals surface area contributed by atoms with Gasteiger partial charge in [-0.3, -0.25) is 9.78 Å². The Morgan fingerprint density at radius 2 is 2.22 bits per heavy atom. The van der Waals surface area contributed by atoms with E-state index in [1.54, 1.807) is 24.3 Å². The first-order valence-corrected chi connectivity index (χ1v) is 8.53. The number of amides is 1. The van der Waals surface area contributed by atoms with Crippen LogP contribution >= 0.6 is 11.6 Å². The Labute approximate surface area is 160 Å². The van der Waals surface area contributed by atoms with Crippen molar-refractivity contribution in [3.63, 3.8) is 0 Å². The summed E-state index contributed by atoms with van der Waals surface area (Å²) in [6, 6.07) is 7.33. The zero-order chi connectivity index (χ0) is 19.4. The van der Waals surface area contributed by atoms with Gasteiger partial charge in [-0.25, -0.2) is 9.37 Å². The van der Waals surface area contributed by atoms with Crippen molar-refractivity contribution in [1.82, 2.24) is 14.9 Å². The van der Waals surface area contributed by atoms with E-state index in [2.05, 4.69) is 9.97 Å². The summed E-state index contributed by atoms with van der Waals surface area (Å²) in [5, 5.41) is 0.142. The van der Waals surface area contributed by atoms with Gasteiger partial charge in [0.1, 0.15) is 17.8 Å². The van der Waals surface area contributed by atoms with Crippen LogP contribution in [0.25, 0.3) is 0 Å². The summed E-state index contributed by atoms with van der Waals surface area (Å²) < 4.78 is 23.8. The minimum Gasteiger partial charge on any atom is -0.482 e. The predicted molar refractivity (Wildman–Crippen MR) is 97.0 cm³/mol. The molecule has 0 bridgehead atoms. The molecular weight excluding hydrogens is 373 g/mol. The predicted octanol–water partition coefficient (Wildman–Crippen LogP) is 4.27. The maximum absolute atomic E-state index is 13.0. The van der Waals surface area contributed by atoms with Crippen molar-refractivity contribution >= 4 is 17.5 Å². The Hall–Kier alpha value is -2.93. The second kappa shape index (κ2) is 8.18. The Morgan fingerprint density at radius 3 is 2.93 bits per heavy atom. The molecule has 0 spiro atoms. The molecule has 0 aliphatic rings. The molecule has 0 unspecified atom stereocenters. The molecule has 3 aromatic rings. The first-order valence-electron chi connectivity index (χ1n) is 8.15. The molecule has 0 aliphatic carbocycles. The highest BCUT2D eigenvalue weighted by Crippen LogP contribution is 2.26. The van der Waals surface area contributed by atoms with Crippen LogP contribution in [-0.4, -0.2) is 27.8 Å². The number of nitrogens with zero attached hydrogens (tertiary/aromatic N) is 3. The van der Waals surface area contributed by atoms with Gasteiger partial charge in [0.2, 0.25) is 5.89 Å². The molecule has 0 radical (unpaired) electrons. The molecule has 1 aromatic carbocycles. The zero-order valence-electron chi connectivity index (χ0n) is 14.7. The molecule has 140 valence electrons. The number of oxazole rings is 1. The second-order valence-corrected chi connectivity index (χ2v) is 6.28. The Bertz CT molecular complexity index is 933. The summed E-state index contributed by atoms with van der Waals surface area (Å²) in [4.78, 5) is 22.4. The molecule has 0 N–H and O–H groups in total. The normalized spacial score (nSPS) is 11.9. The van der Waals surface area contributed by atoms with Crippen LogP contribution in [0.4, 0.5) is 4.39 Å². The first kappa shape index (κ1) is 18.8. The maximum atomic E-state index is 13.0. The quantitative estimate of drug-likeness (QED) is 0.629. The molecule has 1 atom stereocenters. The van der Waals surface area contributed by atoms with Gasteiger partial charge in [-0.05, 0) is 36.8 Å². The molecule has 0 fully saturated rings. The molecular formula is C19H17ClFN3O3. The Kier molecular flexibility index (Phi) is 5.71. The fraction of sp³-hybridized carbons (Fsp3) is 0.211. The third-order valence-electron chi connectivity index (χ3n) is 4.08. The van der Waals surface area contributed by atoms with Gasteiger partial charge >= 0.3 is 0 Å². The van der Waals surface area contributed by atoms with Crippen molar-refractivity contribution in [2.45, 2.75) is 19.6 Å². The standard InChI is InChI=1S/C19H17ClFN3O3/c1-12(13-4-3-7-22-9-13)24(2)19(25)16-10-27-18(23-16)11-26-17-6-5-14(21)8-15(17)20/h3-10,12H,11H2,1-2H3/t12-/m0/s1. The van der Waals surface area contributed by atoms with E-state index in [0.717, 1.165) is 11.6 Å². The van der Waals surface area contributed by atoms with Crippen LogP contribution in [0.1, 0.15) is 34.9 Å². The monoisotopic (exact) mass is 389 g/mol. The second-order valence-electron chi connectivity index (χ2n) is 5.87. The number of ether oxygens (including phenoxy) is 1. The molecule has 27 heavy (non-hydrogen) atoms. The van der Waals surface area contributed by atoms with Crippen molar-refractivity contribution in [3.8, 4) is 5.75 Å². The van der Waals surface area contributed by atoms with Crippen LogP contribution in [0.15, 0.2) is 53.4 Å². The zero-order valence-corrected chi connectivity index (χ0v) is 15.5. The highest BCUT2D eigenvalue weighted by atomic mass is 35.5. The molecule has 2 aromatic heterocycles. The van der Waals surface area contributed by atoms with Crippen LogP contribution in [-0.2, 0) is 6.61 Å².